The van der Waals surface area contributed by atoms with Gasteiger partial charge in [0.05, 0.1) is 5.92 Å². The average molecular weight is 344 g/mol. The quantitative estimate of drug-likeness (QED) is 0.838. The topological polar surface area (TPSA) is 65.5 Å². The van der Waals surface area contributed by atoms with Gasteiger partial charge in [-0.2, -0.15) is 0 Å². The van der Waals surface area contributed by atoms with Gasteiger partial charge in [0.2, 0.25) is 11.8 Å². The minimum absolute atomic E-state index is 0.0551. The van der Waals surface area contributed by atoms with Crippen LogP contribution in [0.3, 0.4) is 0 Å². The SMILES string of the molecule is CCN1CC(C(=O)NC2CCN(CCc3ccncc3)CC2)CC1=O. The number of likely N-dealkylation sites (tertiary alicyclic amines) is 2. The smallest absolute Gasteiger partial charge is 0.225 e. The number of nitrogens with zero attached hydrogens (tertiary/aromatic N) is 3. The number of hydrogen-bond donors (Lipinski definition) is 1. The van der Waals surface area contributed by atoms with E-state index < -0.39 is 0 Å². The van der Waals surface area contributed by atoms with Crippen LogP contribution < -0.4 is 5.32 Å². The Morgan fingerprint density at radius 1 is 1.28 bits per heavy atom. The molecule has 0 spiro atoms. The third kappa shape index (κ3) is 4.78. The Balaban J connectivity index is 1.38. The van der Waals surface area contributed by atoms with Crippen molar-refractivity contribution >= 4 is 11.8 Å². The molecule has 0 aromatic carbocycles. The van der Waals surface area contributed by atoms with E-state index in [1.54, 1.807) is 4.90 Å². The summed E-state index contributed by atoms with van der Waals surface area (Å²) in [6, 6.07) is 4.38. The Labute approximate surface area is 149 Å². The zero-order valence-electron chi connectivity index (χ0n) is 15.0. The summed E-state index contributed by atoms with van der Waals surface area (Å²) in [4.78, 5) is 32.5. The van der Waals surface area contributed by atoms with Crippen molar-refractivity contribution in [1.82, 2.24) is 20.1 Å². The Bertz CT molecular complexity index is 584. The molecule has 1 aromatic heterocycles. The second kappa shape index (κ2) is 8.43. The van der Waals surface area contributed by atoms with Crippen LogP contribution in [0.25, 0.3) is 0 Å². The molecule has 0 aliphatic carbocycles. The molecule has 2 aliphatic rings. The summed E-state index contributed by atoms with van der Waals surface area (Å²) >= 11 is 0. The fourth-order valence-corrected chi connectivity index (χ4v) is 3.71. The molecule has 2 amide bonds. The minimum atomic E-state index is -0.169. The molecule has 1 unspecified atom stereocenters. The van der Waals surface area contributed by atoms with Crippen LogP contribution in [0.15, 0.2) is 24.5 Å². The summed E-state index contributed by atoms with van der Waals surface area (Å²) in [6.07, 6.45) is 7.05. The van der Waals surface area contributed by atoms with Gasteiger partial charge in [-0.05, 0) is 43.9 Å². The first-order valence-electron chi connectivity index (χ1n) is 9.35. The first kappa shape index (κ1) is 17.9. The molecule has 3 heterocycles. The molecule has 6 heteroatoms. The number of nitrogens with one attached hydrogen (secondary N) is 1. The van der Waals surface area contributed by atoms with Gasteiger partial charge in [-0.15, -0.1) is 0 Å². The van der Waals surface area contributed by atoms with Crippen molar-refractivity contribution in [2.75, 3.05) is 32.7 Å². The molecule has 3 rings (SSSR count). The summed E-state index contributed by atoms with van der Waals surface area (Å²) in [5, 5.41) is 3.17. The zero-order valence-corrected chi connectivity index (χ0v) is 15.0. The number of piperidine rings is 1. The number of aromatic nitrogens is 1. The lowest BCUT2D eigenvalue weighted by molar-refractivity contribution is -0.129. The molecule has 2 fully saturated rings. The normalized spacial score (nSPS) is 22.4. The Hall–Kier alpha value is -1.95. The monoisotopic (exact) mass is 344 g/mol. The highest BCUT2D eigenvalue weighted by molar-refractivity contribution is 5.89. The lowest BCUT2D eigenvalue weighted by atomic mass is 10.0. The van der Waals surface area contributed by atoms with Gasteiger partial charge in [0, 0.05) is 57.6 Å². The molecule has 6 nitrogen and oxygen atoms in total. The average Bonchev–Trinajstić information content (AvgIpc) is 3.03. The van der Waals surface area contributed by atoms with Crippen molar-refractivity contribution in [2.45, 2.75) is 38.6 Å². The molecule has 1 atom stereocenters. The predicted octanol–water partition coefficient (Wildman–Crippen LogP) is 1.07. The fraction of sp³-hybridized carbons (Fsp3) is 0.632. The van der Waals surface area contributed by atoms with E-state index in [2.05, 4.69) is 27.3 Å². The lowest BCUT2D eigenvalue weighted by Crippen LogP contribution is -2.47. The molecule has 2 aliphatic heterocycles. The van der Waals surface area contributed by atoms with Crippen molar-refractivity contribution in [2.24, 2.45) is 5.92 Å². The van der Waals surface area contributed by atoms with Crippen molar-refractivity contribution in [1.29, 1.82) is 0 Å². The third-order valence-electron chi connectivity index (χ3n) is 5.37. The van der Waals surface area contributed by atoms with Gasteiger partial charge in [0.1, 0.15) is 0 Å². The first-order chi connectivity index (χ1) is 12.2. The molecular weight excluding hydrogens is 316 g/mol. The highest BCUT2D eigenvalue weighted by Gasteiger charge is 2.34. The van der Waals surface area contributed by atoms with Crippen LogP contribution in [-0.2, 0) is 16.0 Å². The highest BCUT2D eigenvalue weighted by Crippen LogP contribution is 2.19. The van der Waals surface area contributed by atoms with E-state index in [1.807, 2.05) is 19.3 Å². The standard InChI is InChI=1S/C19H28N4O2/c1-2-23-14-16(13-18(23)24)19(25)21-17-6-11-22(12-7-17)10-5-15-3-8-20-9-4-15/h3-4,8-9,16-17H,2,5-7,10-14H2,1H3,(H,21,25). The van der Waals surface area contributed by atoms with Crippen molar-refractivity contribution in [3.8, 4) is 0 Å². The molecule has 0 radical (unpaired) electrons. The molecule has 25 heavy (non-hydrogen) atoms. The summed E-state index contributed by atoms with van der Waals surface area (Å²) in [7, 11) is 0. The summed E-state index contributed by atoms with van der Waals surface area (Å²) in [5.74, 6) is -0.00899. The Morgan fingerprint density at radius 2 is 2.00 bits per heavy atom. The second-order valence-corrected chi connectivity index (χ2v) is 7.06. The van der Waals surface area contributed by atoms with E-state index >= 15 is 0 Å². The molecule has 0 saturated carbocycles. The molecule has 0 bridgehead atoms. The van der Waals surface area contributed by atoms with Crippen LogP contribution in [0.5, 0.6) is 0 Å². The predicted molar refractivity (Wildman–Crippen MR) is 95.9 cm³/mol. The number of carbonyl (C=O) groups is 2. The second-order valence-electron chi connectivity index (χ2n) is 7.06. The van der Waals surface area contributed by atoms with Gasteiger partial charge in [-0.3, -0.25) is 14.6 Å². The van der Waals surface area contributed by atoms with Crippen LogP contribution in [-0.4, -0.2) is 65.4 Å². The zero-order chi connectivity index (χ0) is 17.6. The maximum atomic E-state index is 12.4. The maximum Gasteiger partial charge on any atom is 0.225 e. The fourth-order valence-electron chi connectivity index (χ4n) is 3.71. The van der Waals surface area contributed by atoms with E-state index in [4.69, 9.17) is 0 Å². The van der Waals surface area contributed by atoms with Gasteiger partial charge >= 0.3 is 0 Å². The Morgan fingerprint density at radius 3 is 2.64 bits per heavy atom. The van der Waals surface area contributed by atoms with E-state index in [0.717, 1.165) is 38.9 Å². The van der Waals surface area contributed by atoms with Gasteiger partial charge < -0.3 is 15.1 Å². The largest absolute Gasteiger partial charge is 0.353 e. The first-order valence-corrected chi connectivity index (χ1v) is 9.35. The molecular formula is C19H28N4O2. The summed E-state index contributed by atoms with van der Waals surface area (Å²) < 4.78 is 0. The van der Waals surface area contributed by atoms with Crippen molar-refractivity contribution in [3.05, 3.63) is 30.1 Å². The molecule has 1 aromatic rings. The van der Waals surface area contributed by atoms with Crippen LogP contribution in [0.2, 0.25) is 0 Å². The van der Waals surface area contributed by atoms with Crippen LogP contribution in [0.1, 0.15) is 31.7 Å². The van der Waals surface area contributed by atoms with Crippen molar-refractivity contribution in [3.63, 3.8) is 0 Å². The Kier molecular flexibility index (Phi) is 6.02. The van der Waals surface area contributed by atoms with Gasteiger partial charge in [0.25, 0.3) is 0 Å². The number of rotatable bonds is 6. The number of carbonyl (C=O) groups excluding carboxylic acids is 2. The van der Waals surface area contributed by atoms with E-state index in [-0.39, 0.29) is 23.8 Å². The van der Waals surface area contributed by atoms with E-state index in [9.17, 15) is 9.59 Å². The van der Waals surface area contributed by atoms with Crippen LogP contribution >= 0.6 is 0 Å². The summed E-state index contributed by atoms with van der Waals surface area (Å²) in [5.41, 5.74) is 1.32. The van der Waals surface area contributed by atoms with Gasteiger partial charge in [0.15, 0.2) is 0 Å². The van der Waals surface area contributed by atoms with Gasteiger partial charge in [-0.25, -0.2) is 0 Å². The maximum absolute atomic E-state index is 12.4. The molecule has 1 N–H and O–H groups in total. The third-order valence-corrected chi connectivity index (χ3v) is 5.37. The van der Waals surface area contributed by atoms with Crippen LogP contribution in [0.4, 0.5) is 0 Å². The van der Waals surface area contributed by atoms with E-state index in [0.29, 0.717) is 19.5 Å². The van der Waals surface area contributed by atoms with Crippen LogP contribution in [0, 0.1) is 5.92 Å². The molecule has 2 saturated heterocycles. The van der Waals surface area contributed by atoms with E-state index in [1.165, 1.54) is 5.56 Å². The number of amides is 2. The molecule has 136 valence electrons. The van der Waals surface area contributed by atoms with Crippen molar-refractivity contribution < 1.29 is 9.59 Å². The summed E-state index contributed by atoms with van der Waals surface area (Å²) in [6.45, 7) is 6.30. The highest BCUT2D eigenvalue weighted by atomic mass is 16.2. The van der Waals surface area contributed by atoms with Gasteiger partial charge in [-0.1, -0.05) is 0 Å². The number of pyridine rings is 1. The number of hydrogen-bond acceptors (Lipinski definition) is 4. The lowest BCUT2D eigenvalue weighted by Gasteiger charge is -2.32. The minimum Gasteiger partial charge on any atom is -0.353 e.